The number of aromatic nitrogens is 2. The van der Waals surface area contributed by atoms with Crippen LogP contribution in [0.2, 0.25) is 0 Å². The first kappa shape index (κ1) is 20.9. The Labute approximate surface area is 178 Å². The van der Waals surface area contributed by atoms with Crippen molar-refractivity contribution < 1.29 is 17.5 Å². The van der Waals surface area contributed by atoms with E-state index in [1.165, 1.54) is 10.6 Å². The number of methoxy groups -OCH3 is 1. The fourth-order valence-corrected chi connectivity index (χ4v) is 4.65. The number of sulfone groups is 1. The lowest BCUT2D eigenvalue weighted by Gasteiger charge is -2.19. The summed E-state index contributed by atoms with van der Waals surface area (Å²) in [6, 6.07) is 17.7. The third kappa shape index (κ3) is 4.25. The summed E-state index contributed by atoms with van der Waals surface area (Å²) < 4.78 is 45.1. The summed E-state index contributed by atoms with van der Waals surface area (Å²) in [5.74, 6) is 0.0146. The molecule has 0 saturated heterocycles. The molecule has 1 unspecified atom stereocenters. The van der Waals surface area contributed by atoms with Gasteiger partial charge in [0.05, 0.1) is 29.9 Å². The Morgan fingerprint density at radius 2 is 1.77 bits per heavy atom. The van der Waals surface area contributed by atoms with Crippen molar-refractivity contribution in [1.29, 1.82) is 0 Å². The first-order valence-corrected chi connectivity index (χ1v) is 11.6. The van der Waals surface area contributed by atoms with Gasteiger partial charge in [-0.2, -0.15) is 0 Å². The second-order valence-electron chi connectivity index (χ2n) is 7.39. The van der Waals surface area contributed by atoms with Crippen LogP contribution in [0.25, 0.3) is 22.2 Å². The molecule has 1 N–H and O–H groups in total. The Kier molecular flexibility index (Phi) is 5.41. The van der Waals surface area contributed by atoms with Crippen LogP contribution in [0.4, 0.5) is 4.39 Å². The molecular weight excluding hydrogens is 419 g/mol. The predicted molar refractivity (Wildman–Crippen MR) is 119 cm³/mol. The number of nitrogens with one attached hydrogen (secondary N) is 1. The van der Waals surface area contributed by atoms with Crippen LogP contribution in [0, 0.1) is 5.82 Å². The molecule has 0 aliphatic carbocycles. The molecule has 160 valence electrons. The summed E-state index contributed by atoms with van der Waals surface area (Å²) in [4.78, 5) is 15.7. The summed E-state index contributed by atoms with van der Waals surface area (Å²) in [7, 11) is -1.87. The highest BCUT2D eigenvalue weighted by Gasteiger charge is 2.24. The highest BCUT2D eigenvalue weighted by Crippen LogP contribution is 2.29. The van der Waals surface area contributed by atoms with E-state index in [9.17, 15) is 17.6 Å². The minimum absolute atomic E-state index is 0.249. The summed E-state index contributed by atoms with van der Waals surface area (Å²) in [6.07, 6.45) is 1.14. The van der Waals surface area contributed by atoms with Crippen molar-refractivity contribution in [1.82, 2.24) is 9.55 Å². The van der Waals surface area contributed by atoms with Gasteiger partial charge in [-0.3, -0.25) is 4.57 Å². The molecule has 0 aliphatic rings. The Balaban J connectivity index is 1.87. The lowest BCUT2D eigenvalue weighted by atomic mass is 10.0. The molecule has 0 saturated carbocycles. The average Bonchev–Trinajstić information content (AvgIpc) is 3.06. The molecule has 0 radical (unpaired) electrons. The van der Waals surface area contributed by atoms with Gasteiger partial charge in [-0.15, -0.1) is 0 Å². The molecule has 0 spiro atoms. The standard InChI is InChI=1S/C23H21FN2O4S/c1-30-17-10-7-15(8-11-17)22(14-31(2,28)29)26-21-12-9-16(13-20(21)25-23(26)27)18-5-3-4-6-19(18)24/h3-13,22H,14H2,1-2H3,(H,25,27). The van der Waals surface area contributed by atoms with Crippen molar-refractivity contribution in [3.8, 4) is 16.9 Å². The molecule has 4 aromatic rings. The van der Waals surface area contributed by atoms with Crippen LogP contribution in [-0.2, 0) is 9.84 Å². The van der Waals surface area contributed by atoms with E-state index in [0.717, 1.165) is 6.26 Å². The van der Waals surface area contributed by atoms with Crippen LogP contribution in [0.3, 0.4) is 0 Å². The predicted octanol–water partition coefficient (Wildman–Crippen LogP) is 3.78. The molecule has 1 heterocycles. The SMILES string of the molecule is COc1ccc(C(CS(C)(=O)=O)n2c(=O)[nH]c3cc(-c4ccccc4F)ccc32)cc1. The number of aromatic amines is 1. The van der Waals surface area contributed by atoms with E-state index >= 15 is 0 Å². The first-order valence-electron chi connectivity index (χ1n) is 9.57. The monoisotopic (exact) mass is 440 g/mol. The number of fused-ring (bicyclic) bond motifs is 1. The number of benzene rings is 3. The second kappa shape index (κ2) is 8.03. The number of rotatable bonds is 6. The quantitative estimate of drug-likeness (QED) is 0.495. The molecule has 1 atom stereocenters. The van der Waals surface area contributed by atoms with Gasteiger partial charge in [-0.1, -0.05) is 36.4 Å². The van der Waals surface area contributed by atoms with E-state index < -0.39 is 21.6 Å². The van der Waals surface area contributed by atoms with Crippen LogP contribution in [0.1, 0.15) is 11.6 Å². The Morgan fingerprint density at radius 3 is 2.42 bits per heavy atom. The molecular formula is C23H21FN2O4S. The zero-order valence-electron chi connectivity index (χ0n) is 17.0. The zero-order chi connectivity index (χ0) is 22.2. The fourth-order valence-electron chi connectivity index (χ4n) is 3.74. The van der Waals surface area contributed by atoms with Gasteiger partial charge in [-0.05, 0) is 41.5 Å². The normalized spacial score (nSPS) is 12.7. The van der Waals surface area contributed by atoms with Crippen molar-refractivity contribution in [2.24, 2.45) is 0 Å². The smallest absolute Gasteiger partial charge is 0.327 e. The Morgan fingerprint density at radius 1 is 1.06 bits per heavy atom. The molecule has 3 aromatic carbocycles. The number of hydrogen-bond donors (Lipinski definition) is 1. The molecule has 4 rings (SSSR count). The number of H-pyrrole nitrogens is 1. The van der Waals surface area contributed by atoms with E-state index in [2.05, 4.69) is 4.98 Å². The van der Waals surface area contributed by atoms with Gasteiger partial charge in [-0.25, -0.2) is 17.6 Å². The molecule has 31 heavy (non-hydrogen) atoms. The Bertz CT molecular complexity index is 1410. The average molecular weight is 440 g/mol. The van der Waals surface area contributed by atoms with Crippen molar-refractivity contribution >= 4 is 20.9 Å². The maximum Gasteiger partial charge on any atom is 0.327 e. The van der Waals surface area contributed by atoms with E-state index in [-0.39, 0.29) is 11.6 Å². The lowest BCUT2D eigenvalue weighted by Crippen LogP contribution is -2.28. The van der Waals surface area contributed by atoms with E-state index in [1.807, 2.05) is 0 Å². The minimum atomic E-state index is -3.41. The number of halogens is 1. The summed E-state index contributed by atoms with van der Waals surface area (Å²) >= 11 is 0. The summed E-state index contributed by atoms with van der Waals surface area (Å²) in [5, 5.41) is 0. The van der Waals surface area contributed by atoms with Crippen molar-refractivity contribution in [3.63, 3.8) is 0 Å². The molecule has 0 fully saturated rings. The zero-order valence-corrected chi connectivity index (χ0v) is 17.8. The maximum absolute atomic E-state index is 14.2. The lowest BCUT2D eigenvalue weighted by molar-refractivity contribution is 0.414. The van der Waals surface area contributed by atoms with Gasteiger partial charge < -0.3 is 9.72 Å². The highest BCUT2D eigenvalue weighted by atomic mass is 32.2. The summed E-state index contributed by atoms with van der Waals surface area (Å²) in [5.41, 5.74) is 2.29. The van der Waals surface area contributed by atoms with Crippen LogP contribution in [0.5, 0.6) is 5.75 Å². The van der Waals surface area contributed by atoms with Gasteiger partial charge in [0.1, 0.15) is 21.4 Å². The second-order valence-corrected chi connectivity index (χ2v) is 9.58. The van der Waals surface area contributed by atoms with Crippen molar-refractivity contribution in [3.05, 3.63) is 88.6 Å². The third-order valence-electron chi connectivity index (χ3n) is 5.17. The molecule has 0 bridgehead atoms. The third-order valence-corrected chi connectivity index (χ3v) is 6.10. The number of nitrogens with zero attached hydrogens (tertiary/aromatic N) is 1. The largest absolute Gasteiger partial charge is 0.497 e. The van der Waals surface area contributed by atoms with Crippen LogP contribution >= 0.6 is 0 Å². The Hall–Kier alpha value is -3.39. The van der Waals surface area contributed by atoms with E-state index in [4.69, 9.17) is 4.74 Å². The minimum Gasteiger partial charge on any atom is -0.497 e. The number of imidazole rings is 1. The topological polar surface area (TPSA) is 81.2 Å². The van der Waals surface area contributed by atoms with Gasteiger partial charge in [0, 0.05) is 11.8 Å². The number of hydrogen-bond acceptors (Lipinski definition) is 4. The highest BCUT2D eigenvalue weighted by molar-refractivity contribution is 7.90. The van der Waals surface area contributed by atoms with Crippen LogP contribution in [-0.4, -0.2) is 37.1 Å². The molecule has 0 aliphatic heterocycles. The van der Waals surface area contributed by atoms with Gasteiger partial charge in [0.15, 0.2) is 0 Å². The molecule has 8 heteroatoms. The van der Waals surface area contributed by atoms with Crippen LogP contribution in [0.15, 0.2) is 71.5 Å². The molecule has 0 amide bonds. The van der Waals surface area contributed by atoms with Crippen LogP contribution < -0.4 is 10.4 Å². The maximum atomic E-state index is 14.2. The fraction of sp³-hybridized carbons (Fsp3) is 0.174. The molecule has 1 aromatic heterocycles. The van der Waals surface area contributed by atoms with Crippen molar-refractivity contribution in [2.45, 2.75) is 6.04 Å². The van der Waals surface area contributed by atoms with Gasteiger partial charge in [0.25, 0.3) is 0 Å². The number of ether oxygens (including phenoxy) is 1. The van der Waals surface area contributed by atoms with Crippen molar-refractivity contribution in [2.75, 3.05) is 19.1 Å². The van der Waals surface area contributed by atoms with Gasteiger partial charge in [0.2, 0.25) is 0 Å². The van der Waals surface area contributed by atoms with Gasteiger partial charge >= 0.3 is 5.69 Å². The molecule has 6 nitrogen and oxygen atoms in total. The summed E-state index contributed by atoms with van der Waals surface area (Å²) in [6.45, 7) is 0. The first-order chi connectivity index (χ1) is 14.8. The van der Waals surface area contributed by atoms with E-state index in [1.54, 1.807) is 67.8 Å². The van der Waals surface area contributed by atoms with E-state index in [0.29, 0.717) is 33.5 Å².